The molecule has 1 unspecified atom stereocenters. The second-order valence-corrected chi connectivity index (χ2v) is 9.38. The van der Waals surface area contributed by atoms with Gasteiger partial charge in [0.2, 0.25) is 15.9 Å². The number of sulfonamides is 1. The van der Waals surface area contributed by atoms with Crippen molar-refractivity contribution >= 4 is 22.0 Å². The summed E-state index contributed by atoms with van der Waals surface area (Å²) in [5.74, 6) is 1.15. The van der Waals surface area contributed by atoms with E-state index in [1.807, 2.05) is 49.4 Å². The third kappa shape index (κ3) is 5.26. The Morgan fingerprint density at radius 2 is 1.87 bits per heavy atom. The van der Waals surface area contributed by atoms with Gasteiger partial charge < -0.3 is 14.4 Å². The van der Waals surface area contributed by atoms with Crippen LogP contribution in [0.15, 0.2) is 47.9 Å². The second-order valence-electron chi connectivity index (χ2n) is 7.73. The molecule has 2 aliphatic rings. The topological polar surface area (TPSA) is 84.9 Å². The summed E-state index contributed by atoms with van der Waals surface area (Å²) < 4.78 is 38.2. The number of nitrogens with one attached hydrogen (secondary N) is 1. The Morgan fingerprint density at radius 3 is 2.65 bits per heavy atom. The van der Waals surface area contributed by atoms with Crippen LogP contribution >= 0.6 is 0 Å². The second kappa shape index (κ2) is 9.11. The molecule has 0 spiro atoms. The number of hydrogen-bond acceptors (Lipinski definition) is 5. The van der Waals surface area contributed by atoms with Crippen molar-refractivity contribution in [3.63, 3.8) is 0 Å². The van der Waals surface area contributed by atoms with Crippen LogP contribution in [0, 0.1) is 6.92 Å². The van der Waals surface area contributed by atoms with Gasteiger partial charge in [-0.05, 0) is 49.1 Å². The largest absolute Gasteiger partial charge is 0.486 e. The molecule has 1 saturated heterocycles. The van der Waals surface area contributed by atoms with E-state index in [9.17, 15) is 13.2 Å². The van der Waals surface area contributed by atoms with Gasteiger partial charge in [0.15, 0.2) is 11.5 Å². The number of benzene rings is 2. The lowest BCUT2D eigenvalue weighted by Gasteiger charge is -2.26. The molecule has 0 radical (unpaired) electrons. The molecule has 2 aromatic carbocycles. The van der Waals surface area contributed by atoms with Crippen molar-refractivity contribution in [2.45, 2.75) is 25.8 Å². The summed E-state index contributed by atoms with van der Waals surface area (Å²) in [5.41, 5.74) is 2.85. The number of amides is 1. The fourth-order valence-electron chi connectivity index (χ4n) is 3.84. The number of rotatable bonds is 6. The van der Waals surface area contributed by atoms with Crippen LogP contribution in [0.3, 0.4) is 0 Å². The third-order valence-electron chi connectivity index (χ3n) is 5.47. The molecule has 8 heteroatoms. The van der Waals surface area contributed by atoms with Gasteiger partial charge in [-0.25, -0.2) is 13.1 Å². The highest BCUT2D eigenvalue weighted by Crippen LogP contribution is 2.38. The zero-order valence-electron chi connectivity index (χ0n) is 17.4. The number of ether oxygens (including phenoxy) is 2. The minimum Gasteiger partial charge on any atom is -0.486 e. The molecule has 164 valence electrons. The molecule has 0 aliphatic carbocycles. The first kappa shape index (κ1) is 21.4. The highest BCUT2D eigenvalue weighted by Gasteiger charge is 2.31. The quantitative estimate of drug-likeness (QED) is 0.743. The Hall–Kier alpha value is -2.84. The maximum absolute atomic E-state index is 12.8. The summed E-state index contributed by atoms with van der Waals surface area (Å²) in [6.07, 6.45) is 3.20. The number of fused-ring (bicyclic) bond motifs is 1. The molecular formula is C23H26N2O5S. The van der Waals surface area contributed by atoms with Crippen LogP contribution < -0.4 is 14.2 Å². The van der Waals surface area contributed by atoms with E-state index in [0.29, 0.717) is 31.3 Å². The van der Waals surface area contributed by atoms with E-state index in [-0.39, 0.29) is 18.5 Å². The molecule has 2 heterocycles. The molecule has 1 atom stereocenters. The van der Waals surface area contributed by atoms with E-state index in [1.165, 1.54) is 6.08 Å². The zero-order chi connectivity index (χ0) is 21.8. The Labute approximate surface area is 182 Å². The van der Waals surface area contributed by atoms with Crippen molar-refractivity contribution in [3.05, 3.63) is 64.6 Å². The van der Waals surface area contributed by atoms with Gasteiger partial charge in [-0.1, -0.05) is 35.9 Å². The van der Waals surface area contributed by atoms with Gasteiger partial charge in [0.05, 0.1) is 12.6 Å². The fourth-order valence-corrected chi connectivity index (χ4v) is 4.59. The van der Waals surface area contributed by atoms with Gasteiger partial charge in [0, 0.05) is 12.0 Å². The molecule has 0 saturated carbocycles. The molecule has 31 heavy (non-hydrogen) atoms. The maximum Gasteiger partial charge on any atom is 0.238 e. The Kier molecular flexibility index (Phi) is 6.29. The Bertz CT molecular complexity index is 1080. The summed E-state index contributed by atoms with van der Waals surface area (Å²) in [5, 5.41) is 1.09. The molecule has 0 bridgehead atoms. The van der Waals surface area contributed by atoms with Crippen molar-refractivity contribution in [2.75, 3.05) is 26.3 Å². The van der Waals surface area contributed by atoms with E-state index < -0.39 is 10.0 Å². The Balaban J connectivity index is 1.39. The SMILES string of the molecule is Cc1ccc(/C=C/S(=O)(=O)NCC(=O)N2CCCC2c2ccc3c(c2)OCCO3)cc1. The minimum absolute atomic E-state index is 0.101. The third-order valence-corrected chi connectivity index (χ3v) is 6.51. The van der Waals surface area contributed by atoms with Crippen molar-refractivity contribution in [2.24, 2.45) is 0 Å². The number of hydrogen-bond donors (Lipinski definition) is 1. The summed E-state index contributed by atoms with van der Waals surface area (Å²) in [4.78, 5) is 14.5. The van der Waals surface area contributed by atoms with Crippen LogP contribution in [0.25, 0.3) is 6.08 Å². The number of aryl methyl sites for hydroxylation is 1. The lowest BCUT2D eigenvalue weighted by Crippen LogP contribution is -2.39. The smallest absolute Gasteiger partial charge is 0.238 e. The summed E-state index contributed by atoms with van der Waals surface area (Å²) in [7, 11) is -3.72. The summed E-state index contributed by atoms with van der Waals surface area (Å²) in [6, 6.07) is 13.1. The average molecular weight is 443 g/mol. The summed E-state index contributed by atoms with van der Waals surface area (Å²) in [6.45, 7) is 3.31. The molecule has 1 amide bonds. The van der Waals surface area contributed by atoms with Crippen LogP contribution in [0.4, 0.5) is 0 Å². The van der Waals surface area contributed by atoms with Crippen LogP contribution in [-0.2, 0) is 14.8 Å². The molecule has 0 aromatic heterocycles. The predicted octanol–water partition coefficient (Wildman–Crippen LogP) is 3.02. The van der Waals surface area contributed by atoms with Crippen molar-refractivity contribution in [1.29, 1.82) is 0 Å². The first-order valence-electron chi connectivity index (χ1n) is 10.3. The fraction of sp³-hybridized carbons (Fsp3) is 0.348. The zero-order valence-corrected chi connectivity index (χ0v) is 18.2. The Morgan fingerprint density at radius 1 is 1.13 bits per heavy atom. The first-order valence-corrected chi connectivity index (χ1v) is 11.9. The number of nitrogens with zero attached hydrogens (tertiary/aromatic N) is 1. The standard InChI is InChI=1S/C23H26N2O5S/c1-17-4-6-18(7-5-17)10-14-31(27,28)24-16-23(26)25-11-2-3-20(25)19-8-9-21-22(15-19)30-13-12-29-21/h4-10,14-15,20,24H,2-3,11-13,16H2,1H3/b14-10+. The van der Waals surface area contributed by atoms with Crippen LogP contribution in [0.2, 0.25) is 0 Å². The van der Waals surface area contributed by atoms with E-state index in [0.717, 1.165) is 34.9 Å². The van der Waals surface area contributed by atoms with Crippen molar-refractivity contribution in [1.82, 2.24) is 9.62 Å². The predicted molar refractivity (Wildman–Crippen MR) is 118 cm³/mol. The maximum atomic E-state index is 12.8. The van der Waals surface area contributed by atoms with Gasteiger partial charge >= 0.3 is 0 Å². The van der Waals surface area contributed by atoms with Gasteiger partial charge in [-0.15, -0.1) is 0 Å². The number of carbonyl (C=O) groups excluding carboxylic acids is 1. The van der Waals surface area contributed by atoms with Gasteiger partial charge in [-0.2, -0.15) is 0 Å². The highest BCUT2D eigenvalue weighted by molar-refractivity contribution is 7.92. The van der Waals surface area contributed by atoms with Crippen LogP contribution in [0.1, 0.15) is 35.6 Å². The van der Waals surface area contributed by atoms with Crippen molar-refractivity contribution < 1.29 is 22.7 Å². The summed E-state index contributed by atoms with van der Waals surface area (Å²) >= 11 is 0. The molecule has 1 fully saturated rings. The van der Waals surface area contributed by atoms with Gasteiger partial charge in [0.1, 0.15) is 13.2 Å². The van der Waals surface area contributed by atoms with E-state index in [2.05, 4.69) is 4.72 Å². The molecule has 2 aliphatic heterocycles. The van der Waals surface area contributed by atoms with E-state index in [1.54, 1.807) is 4.90 Å². The van der Waals surface area contributed by atoms with E-state index in [4.69, 9.17) is 9.47 Å². The average Bonchev–Trinajstić information content (AvgIpc) is 3.27. The number of carbonyl (C=O) groups is 1. The first-order chi connectivity index (χ1) is 14.9. The van der Waals surface area contributed by atoms with E-state index >= 15 is 0 Å². The monoisotopic (exact) mass is 442 g/mol. The van der Waals surface area contributed by atoms with Crippen LogP contribution in [0.5, 0.6) is 11.5 Å². The molecule has 7 nitrogen and oxygen atoms in total. The van der Waals surface area contributed by atoms with Gasteiger partial charge in [0.25, 0.3) is 0 Å². The highest BCUT2D eigenvalue weighted by atomic mass is 32.2. The van der Waals surface area contributed by atoms with Crippen LogP contribution in [-0.4, -0.2) is 45.5 Å². The molecular weight excluding hydrogens is 416 g/mol. The van der Waals surface area contributed by atoms with Gasteiger partial charge in [-0.3, -0.25) is 4.79 Å². The van der Waals surface area contributed by atoms with Crippen molar-refractivity contribution in [3.8, 4) is 11.5 Å². The lowest BCUT2D eigenvalue weighted by atomic mass is 10.0. The lowest BCUT2D eigenvalue weighted by molar-refractivity contribution is -0.130. The molecule has 1 N–H and O–H groups in total. The molecule has 2 aromatic rings. The number of likely N-dealkylation sites (tertiary alicyclic amines) is 1. The minimum atomic E-state index is -3.72. The molecule has 4 rings (SSSR count). The normalized spacial score (nSPS) is 18.5.